The summed E-state index contributed by atoms with van der Waals surface area (Å²) in [7, 11) is 1.67. The second-order valence-corrected chi connectivity index (χ2v) is 5.46. The van der Waals surface area contributed by atoms with E-state index in [1.165, 1.54) is 17.8 Å². The highest BCUT2D eigenvalue weighted by atomic mass is 19.1. The number of rotatable bonds is 4. The Bertz CT molecular complexity index is 589. The van der Waals surface area contributed by atoms with Gasteiger partial charge in [-0.25, -0.2) is 4.39 Å². The lowest BCUT2D eigenvalue weighted by Gasteiger charge is -2.33. The predicted octanol–water partition coefficient (Wildman–Crippen LogP) is 3.88. The van der Waals surface area contributed by atoms with Gasteiger partial charge in [-0.15, -0.1) is 0 Å². The largest absolute Gasteiger partial charge is 0.497 e. The van der Waals surface area contributed by atoms with Crippen molar-refractivity contribution in [3.8, 4) is 11.5 Å². The van der Waals surface area contributed by atoms with Crippen molar-refractivity contribution in [1.82, 2.24) is 0 Å². The molecular formula is C18H20FNO2. The third-order valence-corrected chi connectivity index (χ3v) is 4.00. The number of halogens is 1. The van der Waals surface area contributed by atoms with Crippen LogP contribution >= 0.6 is 0 Å². The van der Waals surface area contributed by atoms with Gasteiger partial charge >= 0.3 is 0 Å². The lowest BCUT2D eigenvalue weighted by Crippen LogP contribution is -2.38. The number of benzene rings is 2. The average molecular weight is 301 g/mol. The van der Waals surface area contributed by atoms with Crippen LogP contribution in [-0.2, 0) is 0 Å². The summed E-state index contributed by atoms with van der Waals surface area (Å²) in [5, 5.41) is 0. The third-order valence-electron chi connectivity index (χ3n) is 4.00. The molecule has 0 bridgehead atoms. The van der Waals surface area contributed by atoms with E-state index in [0.717, 1.165) is 37.4 Å². The predicted molar refractivity (Wildman–Crippen MR) is 85.3 cm³/mol. The van der Waals surface area contributed by atoms with E-state index in [0.29, 0.717) is 0 Å². The van der Waals surface area contributed by atoms with Crippen LogP contribution in [-0.4, -0.2) is 26.3 Å². The highest BCUT2D eigenvalue weighted by Gasteiger charge is 2.20. The van der Waals surface area contributed by atoms with E-state index in [4.69, 9.17) is 9.47 Å². The lowest BCUT2D eigenvalue weighted by atomic mass is 10.1. The second-order valence-electron chi connectivity index (χ2n) is 5.46. The first-order chi connectivity index (χ1) is 10.7. The monoisotopic (exact) mass is 301 g/mol. The Kier molecular flexibility index (Phi) is 4.47. The van der Waals surface area contributed by atoms with Gasteiger partial charge in [-0.3, -0.25) is 0 Å². The first-order valence-corrected chi connectivity index (χ1v) is 7.56. The highest BCUT2D eigenvalue weighted by molar-refractivity contribution is 5.49. The quantitative estimate of drug-likeness (QED) is 0.855. The molecule has 0 atom stereocenters. The third kappa shape index (κ3) is 3.50. The number of hydrogen-bond donors (Lipinski definition) is 0. The Labute approximate surface area is 130 Å². The molecule has 0 aliphatic carbocycles. The molecule has 116 valence electrons. The minimum Gasteiger partial charge on any atom is -0.497 e. The average Bonchev–Trinajstić information content (AvgIpc) is 2.58. The molecule has 0 unspecified atom stereocenters. The smallest absolute Gasteiger partial charge is 0.123 e. The van der Waals surface area contributed by atoms with Crippen molar-refractivity contribution in [2.45, 2.75) is 18.9 Å². The van der Waals surface area contributed by atoms with Crippen LogP contribution in [0.5, 0.6) is 11.5 Å². The summed E-state index contributed by atoms with van der Waals surface area (Å²) in [6.07, 6.45) is 2.12. The van der Waals surface area contributed by atoms with Gasteiger partial charge in [-0.1, -0.05) is 0 Å². The Morgan fingerprint density at radius 3 is 2.09 bits per heavy atom. The molecule has 22 heavy (non-hydrogen) atoms. The standard InChI is InChI=1S/C18H20FNO2/c1-21-16-8-4-15(5-9-16)20-12-10-18(11-13-20)22-17-6-2-14(19)3-7-17/h2-9,18H,10-13H2,1H3. The van der Waals surface area contributed by atoms with Crippen LogP contribution in [0.15, 0.2) is 48.5 Å². The van der Waals surface area contributed by atoms with Gasteiger partial charge in [0.05, 0.1) is 7.11 Å². The molecule has 3 nitrogen and oxygen atoms in total. The summed E-state index contributed by atoms with van der Waals surface area (Å²) in [6, 6.07) is 14.4. The molecule has 2 aromatic rings. The van der Waals surface area contributed by atoms with Crippen LogP contribution in [0.3, 0.4) is 0 Å². The van der Waals surface area contributed by atoms with E-state index in [1.807, 2.05) is 12.1 Å². The number of piperidine rings is 1. The van der Waals surface area contributed by atoms with E-state index >= 15 is 0 Å². The number of methoxy groups -OCH3 is 1. The molecule has 4 heteroatoms. The summed E-state index contributed by atoms with van der Waals surface area (Å²) in [4.78, 5) is 2.35. The summed E-state index contributed by atoms with van der Waals surface area (Å²) < 4.78 is 24.0. The molecule has 0 spiro atoms. The van der Waals surface area contributed by atoms with E-state index in [1.54, 1.807) is 19.2 Å². The Morgan fingerprint density at radius 2 is 1.50 bits per heavy atom. The van der Waals surface area contributed by atoms with E-state index in [2.05, 4.69) is 17.0 Å². The van der Waals surface area contributed by atoms with E-state index in [-0.39, 0.29) is 11.9 Å². The first kappa shape index (κ1) is 14.7. The SMILES string of the molecule is COc1ccc(N2CCC(Oc3ccc(F)cc3)CC2)cc1. The van der Waals surface area contributed by atoms with Crippen molar-refractivity contribution in [1.29, 1.82) is 0 Å². The molecule has 0 saturated carbocycles. The van der Waals surface area contributed by atoms with Gasteiger partial charge in [0.15, 0.2) is 0 Å². The van der Waals surface area contributed by atoms with Crippen molar-refractivity contribution >= 4 is 5.69 Å². The molecule has 0 N–H and O–H groups in total. The summed E-state index contributed by atoms with van der Waals surface area (Å²) >= 11 is 0. The Morgan fingerprint density at radius 1 is 0.909 bits per heavy atom. The van der Waals surface area contributed by atoms with Crippen LogP contribution in [0.2, 0.25) is 0 Å². The molecule has 3 rings (SSSR count). The fourth-order valence-electron chi connectivity index (χ4n) is 2.73. The van der Waals surface area contributed by atoms with Crippen molar-refractivity contribution in [3.63, 3.8) is 0 Å². The van der Waals surface area contributed by atoms with Gasteiger partial charge in [-0.05, 0) is 48.5 Å². The maximum absolute atomic E-state index is 12.9. The van der Waals surface area contributed by atoms with Gasteiger partial charge in [0.2, 0.25) is 0 Å². The fraction of sp³-hybridized carbons (Fsp3) is 0.333. The summed E-state index contributed by atoms with van der Waals surface area (Å²) in [6.45, 7) is 1.91. The van der Waals surface area contributed by atoms with Gasteiger partial charge < -0.3 is 14.4 Å². The number of hydrogen-bond acceptors (Lipinski definition) is 3. The van der Waals surface area contributed by atoms with Crippen LogP contribution in [0.25, 0.3) is 0 Å². The summed E-state index contributed by atoms with van der Waals surface area (Å²) in [5.41, 5.74) is 1.21. The molecule has 0 aromatic heterocycles. The number of nitrogens with zero attached hydrogens (tertiary/aromatic N) is 1. The zero-order valence-corrected chi connectivity index (χ0v) is 12.7. The van der Waals surface area contributed by atoms with Crippen LogP contribution in [0.1, 0.15) is 12.8 Å². The topological polar surface area (TPSA) is 21.7 Å². The maximum atomic E-state index is 12.9. The zero-order chi connectivity index (χ0) is 15.4. The van der Waals surface area contributed by atoms with Gasteiger partial charge in [0.1, 0.15) is 23.4 Å². The Hall–Kier alpha value is -2.23. The minimum atomic E-state index is -0.235. The molecule has 2 aromatic carbocycles. The van der Waals surface area contributed by atoms with Crippen molar-refractivity contribution in [2.24, 2.45) is 0 Å². The molecular weight excluding hydrogens is 281 g/mol. The molecule has 1 heterocycles. The van der Waals surface area contributed by atoms with E-state index < -0.39 is 0 Å². The van der Waals surface area contributed by atoms with Crippen molar-refractivity contribution < 1.29 is 13.9 Å². The molecule has 1 fully saturated rings. The minimum absolute atomic E-state index is 0.194. The number of anilines is 1. The number of ether oxygens (including phenoxy) is 2. The summed E-state index contributed by atoms with van der Waals surface area (Å²) in [5.74, 6) is 1.38. The molecule has 1 aliphatic rings. The zero-order valence-electron chi connectivity index (χ0n) is 12.7. The first-order valence-electron chi connectivity index (χ1n) is 7.56. The van der Waals surface area contributed by atoms with Gasteiger partial charge in [0.25, 0.3) is 0 Å². The van der Waals surface area contributed by atoms with Gasteiger partial charge in [-0.2, -0.15) is 0 Å². The fourth-order valence-corrected chi connectivity index (χ4v) is 2.73. The van der Waals surface area contributed by atoms with Crippen LogP contribution in [0, 0.1) is 5.82 Å². The second kappa shape index (κ2) is 6.69. The van der Waals surface area contributed by atoms with Crippen LogP contribution in [0.4, 0.5) is 10.1 Å². The molecule has 1 saturated heterocycles. The van der Waals surface area contributed by atoms with Gasteiger partial charge in [0, 0.05) is 31.6 Å². The normalized spacial score (nSPS) is 15.6. The maximum Gasteiger partial charge on any atom is 0.123 e. The lowest BCUT2D eigenvalue weighted by molar-refractivity contribution is 0.171. The highest BCUT2D eigenvalue weighted by Crippen LogP contribution is 2.25. The van der Waals surface area contributed by atoms with Crippen LogP contribution < -0.4 is 14.4 Å². The molecule has 0 radical (unpaired) electrons. The van der Waals surface area contributed by atoms with Crippen molar-refractivity contribution in [3.05, 3.63) is 54.3 Å². The van der Waals surface area contributed by atoms with Crippen molar-refractivity contribution in [2.75, 3.05) is 25.1 Å². The molecule has 1 aliphatic heterocycles. The van der Waals surface area contributed by atoms with E-state index in [9.17, 15) is 4.39 Å². The Balaban J connectivity index is 1.54. The molecule has 0 amide bonds.